The molecule has 0 radical (unpaired) electrons. The summed E-state index contributed by atoms with van der Waals surface area (Å²) >= 11 is 5.94. The Kier molecular flexibility index (Phi) is 4.67. The highest BCUT2D eigenvalue weighted by molar-refractivity contribution is 6.30. The van der Waals surface area contributed by atoms with Crippen molar-refractivity contribution in [2.24, 2.45) is 0 Å². The van der Waals surface area contributed by atoms with E-state index in [0.717, 1.165) is 0 Å². The third-order valence-electron chi connectivity index (χ3n) is 5.57. The van der Waals surface area contributed by atoms with Crippen molar-refractivity contribution in [3.8, 4) is 11.5 Å². The number of esters is 1. The Morgan fingerprint density at radius 2 is 1.59 bits per heavy atom. The van der Waals surface area contributed by atoms with Crippen LogP contribution in [0.3, 0.4) is 0 Å². The first-order valence-electron chi connectivity index (χ1n) is 10.4. The van der Waals surface area contributed by atoms with E-state index in [1.54, 1.807) is 48.5 Å². The monoisotopic (exact) mass is 467 g/mol. The summed E-state index contributed by atoms with van der Waals surface area (Å²) in [6.45, 7) is 0. The third kappa shape index (κ3) is 3.24. The largest absolute Gasteiger partial charge is 0.455 e. The van der Waals surface area contributed by atoms with E-state index in [-0.39, 0.29) is 22.9 Å². The van der Waals surface area contributed by atoms with Crippen molar-refractivity contribution in [2.75, 3.05) is 0 Å². The lowest BCUT2D eigenvalue weighted by Gasteiger charge is -2.17. The van der Waals surface area contributed by atoms with Crippen LogP contribution in [0.25, 0.3) is 27.5 Å². The number of hydrogen-bond acceptors (Lipinski definition) is 6. The van der Waals surface area contributed by atoms with Gasteiger partial charge in [-0.2, -0.15) is 0 Å². The minimum absolute atomic E-state index is 0.146. The van der Waals surface area contributed by atoms with Crippen LogP contribution in [0.1, 0.15) is 26.4 Å². The molecular formula is C27H14ClNO5. The maximum absolute atomic E-state index is 13.4. The zero-order valence-electron chi connectivity index (χ0n) is 17.4. The number of aromatic nitrogens is 1. The van der Waals surface area contributed by atoms with Crippen molar-refractivity contribution in [1.29, 1.82) is 0 Å². The smallest absolute Gasteiger partial charge is 0.343 e. The van der Waals surface area contributed by atoms with E-state index < -0.39 is 5.97 Å². The quantitative estimate of drug-likeness (QED) is 0.222. The summed E-state index contributed by atoms with van der Waals surface area (Å²) in [5, 5.41) is 6.36. The highest BCUT2D eigenvalue weighted by Crippen LogP contribution is 2.44. The maximum atomic E-state index is 13.4. The topological polar surface area (TPSA) is 78.6 Å². The molecule has 7 heteroatoms. The summed E-state index contributed by atoms with van der Waals surface area (Å²) < 4.78 is 17.4. The molecule has 1 heterocycles. The van der Waals surface area contributed by atoms with E-state index in [9.17, 15) is 9.59 Å². The van der Waals surface area contributed by atoms with Crippen LogP contribution in [0, 0.1) is 0 Å². The molecule has 6 rings (SSSR count). The highest BCUT2D eigenvalue weighted by atomic mass is 35.5. The first-order valence-corrected chi connectivity index (χ1v) is 10.8. The van der Waals surface area contributed by atoms with Gasteiger partial charge >= 0.3 is 5.97 Å². The molecule has 5 aromatic rings. The zero-order chi connectivity index (χ0) is 23.2. The summed E-state index contributed by atoms with van der Waals surface area (Å²) in [6.07, 6.45) is 1.33. The van der Waals surface area contributed by atoms with Gasteiger partial charge in [0.25, 0.3) is 0 Å². The summed E-state index contributed by atoms with van der Waals surface area (Å²) in [5.41, 5.74) is 1.29. The lowest BCUT2D eigenvalue weighted by Crippen LogP contribution is -2.14. The normalized spacial score (nSPS) is 12.6. The Morgan fingerprint density at radius 1 is 0.882 bits per heavy atom. The molecule has 0 N–H and O–H groups in total. The number of carbonyl (C=O) groups excluding carboxylic acids is 2. The van der Waals surface area contributed by atoms with Gasteiger partial charge in [0.05, 0.1) is 16.5 Å². The zero-order valence-corrected chi connectivity index (χ0v) is 18.2. The van der Waals surface area contributed by atoms with Gasteiger partial charge in [-0.3, -0.25) is 4.79 Å². The molecule has 164 valence electrons. The number of carbonyl (C=O) groups is 2. The fraction of sp³-hybridized carbons (Fsp3) is 0. The van der Waals surface area contributed by atoms with E-state index in [1.165, 1.54) is 6.08 Å². The highest BCUT2D eigenvalue weighted by Gasteiger charge is 2.33. The molecule has 6 nitrogen and oxygen atoms in total. The van der Waals surface area contributed by atoms with Crippen molar-refractivity contribution >= 4 is 50.9 Å². The molecule has 0 fully saturated rings. The van der Waals surface area contributed by atoms with Crippen LogP contribution in [0.4, 0.5) is 0 Å². The minimum Gasteiger partial charge on any atom is -0.455 e. The molecule has 0 spiro atoms. The Labute approximate surface area is 197 Å². The standard InChI is InChI=1S/C27H14ClNO5/c28-16-12-10-15(11-13-16)27(31)33-25-18-8-4-5-9-19(18)26-23-22(25)20(30)14-21(24(23)29-34-26)32-17-6-2-1-3-7-17/h1-14H. The van der Waals surface area contributed by atoms with Crippen LogP contribution < -0.4 is 9.47 Å². The molecule has 1 aromatic heterocycles. The summed E-state index contributed by atoms with van der Waals surface area (Å²) in [6, 6.07) is 22.6. The average Bonchev–Trinajstić information content (AvgIpc) is 3.30. The molecule has 0 atom stereocenters. The van der Waals surface area contributed by atoms with Crippen LogP contribution in [0.15, 0.2) is 89.5 Å². The minimum atomic E-state index is -0.612. The van der Waals surface area contributed by atoms with Crippen LogP contribution in [-0.2, 0) is 0 Å². The molecule has 34 heavy (non-hydrogen) atoms. The number of para-hydroxylation sites is 1. The van der Waals surface area contributed by atoms with Crippen LogP contribution in [0.2, 0.25) is 5.02 Å². The number of benzene rings is 4. The molecule has 0 bridgehead atoms. The number of hydrogen-bond donors (Lipinski definition) is 0. The summed E-state index contributed by atoms with van der Waals surface area (Å²) in [5.74, 6) is -0.0358. The molecule has 1 aliphatic carbocycles. The summed E-state index contributed by atoms with van der Waals surface area (Å²) in [4.78, 5) is 26.3. The number of rotatable bonds is 4. The van der Waals surface area contributed by atoms with Crippen molar-refractivity contribution < 1.29 is 23.6 Å². The second-order valence-electron chi connectivity index (χ2n) is 7.67. The number of nitrogens with zero attached hydrogens (tertiary/aromatic N) is 1. The fourth-order valence-electron chi connectivity index (χ4n) is 4.03. The van der Waals surface area contributed by atoms with Crippen LogP contribution in [-0.4, -0.2) is 16.9 Å². The van der Waals surface area contributed by atoms with E-state index in [1.807, 2.05) is 30.3 Å². The number of ether oxygens (including phenoxy) is 2. The van der Waals surface area contributed by atoms with Crippen molar-refractivity contribution in [3.05, 3.63) is 107 Å². The van der Waals surface area contributed by atoms with E-state index in [4.69, 9.17) is 25.6 Å². The predicted octanol–water partition coefficient (Wildman–Crippen LogP) is 6.47. The van der Waals surface area contributed by atoms with Gasteiger partial charge in [0.2, 0.25) is 0 Å². The molecule has 0 saturated carbocycles. The predicted molar refractivity (Wildman–Crippen MR) is 127 cm³/mol. The molecule has 4 aromatic carbocycles. The number of allylic oxidation sites excluding steroid dienone is 1. The first-order chi connectivity index (χ1) is 16.6. The van der Waals surface area contributed by atoms with Gasteiger partial charge in [-0.25, -0.2) is 4.79 Å². The number of ketones is 1. The molecule has 0 saturated heterocycles. The molecular weight excluding hydrogens is 454 g/mol. The molecule has 1 aliphatic rings. The van der Waals surface area contributed by atoms with Gasteiger partial charge in [0.1, 0.15) is 5.75 Å². The summed E-state index contributed by atoms with van der Waals surface area (Å²) in [7, 11) is 0. The van der Waals surface area contributed by atoms with Crippen LogP contribution in [0.5, 0.6) is 11.5 Å². The van der Waals surface area contributed by atoms with E-state index >= 15 is 0 Å². The van der Waals surface area contributed by atoms with Gasteiger partial charge in [0, 0.05) is 21.9 Å². The first kappa shape index (κ1) is 20.2. The second-order valence-corrected chi connectivity index (χ2v) is 8.11. The maximum Gasteiger partial charge on any atom is 0.343 e. The van der Waals surface area contributed by atoms with Gasteiger partial charge in [0.15, 0.2) is 28.6 Å². The SMILES string of the molecule is O=C(Oc1c2c3c(noc3c3ccccc13)C(Oc1ccccc1)=CC2=O)c1ccc(Cl)cc1. The van der Waals surface area contributed by atoms with Gasteiger partial charge in [-0.1, -0.05) is 59.2 Å². The van der Waals surface area contributed by atoms with Gasteiger partial charge in [-0.05, 0) is 36.4 Å². The molecule has 0 aliphatic heterocycles. The van der Waals surface area contributed by atoms with E-state index in [0.29, 0.717) is 43.8 Å². The average molecular weight is 468 g/mol. The lowest BCUT2D eigenvalue weighted by molar-refractivity contribution is 0.0735. The lowest BCUT2D eigenvalue weighted by atomic mass is 9.92. The Bertz CT molecular complexity index is 1640. The Morgan fingerprint density at radius 3 is 2.35 bits per heavy atom. The second kappa shape index (κ2) is 7.86. The van der Waals surface area contributed by atoms with Crippen molar-refractivity contribution in [2.45, 2.75) is 0 Å². The van der Waals surface area contributed by atoms with Gasteiger partial charge in [-0.15, -0.1) is 0 Å². The van der Waals surface area contributed by atoms with E-state index in [2.05, 4.69) is 5.16 Å². The fourth-order valence-corrected chi connectivity index (χ4v) is 4.16. The molecule has 0 amide bonds. The molecule has 0 unspecified atom stereocenters. The van der Waals surface area contributed by atoms with Crippen molar-refractivity contribution in [1.82, 2.24) is 5.16 Å². The number of fused-ring (bicyclic) bond motifs is 2. The van der Waals surface area contributed by atoms with Crippen LogP contribution >= 0.6 is 11.6 Å². The Hall–Kier alpha value is -4.42. The third-order valence-corrected chi connectivity index (χ3v) is 5.83. The van der Waals surface area contributed by atoms with Gasteiger partial charge < -0.3 is 14.0 Å². The number of halogens is 1. The van der Waals surface area contributed by atoms with Crippen molar-refractivity contribution in [3.63, 3.8) is 0 Å². The Balaban J connectivity index is 1.54.